The van der Waals surface area contributed by atoms with Gasteiger partial charge in [-0.25, -0.2) is 0 Å². The molecule has 0 aliphatic heterocycles. The molecule has 4 unspecified atom stereocenters. The maximum atomic E-state index is 13.4. The molecule has 3 nitrogen and oxygen atoms in total. The predicted octanol–water partition coefficient (Wildman–Crippen LogP) is 9.32. The van der Waals surface area contributed by atoms with Crippen molar-refractivity contribution in [3.63, 3.8) is 0 Å². The zero-order valence-electron chi connectivity index (χ0n) is 27.7. The van der Waals surface area contributed by atoms with Gasteiger partial charge in [-0.1, -0.05) is 131 Å². The largest absolute Gasteiger partial charge is 0.369 e. The maximum Gasteiger partial charge on any atom is 0.221 e. The van der Waals surface area contributed by atoms with Gasteiger partial charge >= 0.3 is 0 Å². The summed E-state index contributed by atoms with van der Waals surface area (Å²) >= 11 is 0. The minimum absolute atomic E-state index is 0.00470. The smallest absolute Gasteiger partial charge is 0.221 e. The topological polar surface area (TPSA) is 60.2 Å². The van der Waals surface area contributed by atoms with Gasteiger partial charge in [-0.3, -0.25) is 4.79 Å². The van der Waals surface area contributed by atoms with Gasteiger partial charge in [0.05, 0.1) is 0 Å². The number of carbonyl (C=O) groups excluding carboxylic acids is 2. The van der Waals surface area contributed by atoms with E-state index in [4.69, 9.17) is 5.73 Å². The first-order valence-electron chi connectivity index (χ1n) is 14.3. The van der Waals surface area contributed by atoms with Crippen LogP contribution in [0.15, 0.2) is 0 Å². The van der Waals surface area contributed by atoms with Crippen LogP contribution in [0.5, 0.6) is 0 Å². The summed E-state index contributed by atoms with van der Waals surface area (Å²) in [5.74, 6) is -0.919. The van der Waals surface area contributed by atoms with Gasteiger partial charge in [0.15, 0.2) is 0 Å². The van der Waals surface area contributed by atoms with Gasteiger partial charge < -0.3 is 10.5 Å². The maximum absolute atomic E-state index is 13.4. The van der Waals surface area contributed by atoms with E-state index in [1.807, 2.05) is 0 Å². The molecular weight excluding hydrogens is 442 g/mol. The summed E-state index contributed by atoms with van der Waals surface area (Å²) in [5.41, 5.74) is 4.66. The molecule has 0 aliphatic rings. The Bertz CT molecular complexity index is 774. The van der Waals surface area contributed by atoms with E-state index in [1.54, 1.807) is 0 Å². The quantitative estimate of drug-likeness (QED) is 0.267. The van der Waals surface area contributed by atoms with Crippen molar-refractivity contribution in [2.75, 3.05) is 0 Å². The molecule has 4 atom stereocenters. The van der Waals surface area contributed by atoms with Crippen LogP contribution < -0.4 is 5.73 Å². The summed E-state index contributed by atoms with van der Waals surface area (Å²) in [6.45, 7) is 40.6. The van der Waals surface area contributed by atoms with Gasteiger partial charge in [-0.15, -0.1) is 0 Å². The van der Waals surface area contributed by atoms with Crippen molar-refractivity contribution in [1.82, 2.24) is 0 Å². The van der Waals surface area contributed by atoms with Gasteiger partial charge in [-0.05, 0) is 56.2 Å². The second-order valence-corrected chi connectivity index (χ2v) is 16.9. The first-order chi connectivity index (χ1) is 15.6. The number of amides is 1. The van der Waals surface area contributed by atoms with Crippen LogP contribution in [0, 0.1) is 55.2 Å². The predicted molar refractivity (Wildman–Crippen MR) is 158 cm³/mol. The molecule has 1 amide bonds. The standard InChI is InChI=1S/C33H65NO2/c1-19-32(17,26(3,4)5)22-28(9,10)24(25(34)36)31(15,16)29(11,12)23(21-35)30(13,14)33(18,20-2)27(6,7)8/h21,23-24H,19-20,22H2,1-18H3,(H2,34,36). The van der Waals surface area contributed by atoms with Crippen molar-refractivity contribution >= 4 is 12.2 Å². The fraction of sp³-hybridized carbons (Fsp3) is 0.939. The molecule has 0 bridgehead atoms. The van der Waals surface area contributed by atoms with E-state index in [0.717, 1.165) is 19.3 Å². The monoisotopic (exact) mass is 508 g/mol. The lowest BCUT2D eigenvalue weighted by Gasteiger charge is -2.62. The van der Waals surface area contributed by atoms with Crippen molar-refractivity contribution in [2.24, 2.45) is 60.9 Å². The van der Waals surface area contributed by atoms with Crippen LogP contribution in [0.1, 0.15) is 144 Å². The third kappa shape index (κ3) is 5.75. The summed E-state index contributed by atoms with van der Waals surface area (Å²) in [7, 11) is 0. The van der Waals surface area contributed by atoms with E-state index >= 15 is 0 Å². The zero-order chi connectivity index (χ0) is 29.6. The molecule has 0 saturated carbocycles. The Hall–Kier alpha value is -0.860. The molecule has 0 radical (unpaired) electrons. The van der Waals surface area contributed by atoms with E-state index in [1.165, 1.54) is 6.29 Å². The molecule has 0 fully saturated rings. The summed E-state index contributed by atoms with van der Waals surface area (Å²) in [6.07, 6.45) is 4.06. The zero-order valence-corrected chi connectivity index (χ0v) is 27.7. The highest BCUT2D eigenvalue weighted by Crippen LogP contribution is 2.65. The fourth-order valence-electron chi connectivity index (χ4n) is 8.06. The van der Waals surface area contributed by atoms with Crippen molar-refractivity contribution in [3.8, 4) is 0 Å². The number of carbonyl (C=O) groups is 2. The Labute approximate surface area is 226 Å². The van der Waals surface area contributed by atoms with Crippen LogP contribution in [-0.4, -0.2) is 12.2 Å². The third-order valence-corrected chi connectivity index (χ3v) is 12.4. The lowest BCUT2D eigenvalue weighted by atomic mass is 9.41. The number of hydrogen-bond acceptors (Lipinski definition) is 2. The molecule has 0 aromatic rings. The normalized spacial score (nSPS) is 19.7. The van der Waals surface area contributed by atoms with Crippen LogP contribution in [0.2, 0.25) is 0 Å². The number of primary amides is 1. The Morgan fingerprint density at radius 2 is 1.08 bits per heavy atom. The number of nitrogens with two attached hydrogens (primary N) is 1. The second-order valence-electron chi connectivity index (χ2n) is 16.9. The molecule has 36 heavy (non-hydrogen) atoms. The van der Waals surface area contributed by atoms with Gasteiger partial charge in [0.2, 0.25) is 5.91 Å². The molecule has 214 valence electrons. The molecule has 0 aromatic carbocycles. The fourth-order valence-corrected chi connectivity index (χ4v) is 8.06. The lowest BCUT2D eigenvalue weighted by molar-refractivity contribution is -0.167. The van der Waals surface area contributed by atoms with Crippen LogP contribution in [0.3, 0.4) is 0 Å². The van der Waals surface area contributed by atoms with Crippen molar-refractivity contribution < 1.29 is 9.59 Å². The average Bonchev–Trinajstić information content (AvgIpc) is 2.63. The molecule has 0 aliphatic carbocycles. The van der Waals surface area contributed by atoms with Crippen molar-refractivity contribution in [2.45, 2.75) is 144 Å². The van der Waals surface area contributed by atoms with E-state index < -0.39 is 16.7 Å². The number of aldehydes is 1. The van der Waals surface area contributed by atoms with Gasteiger partial charge in [0.25, 0.3) is 0 Å². The lowest BCUT2D eigenvalue weighted by Crippen LogP contribution is -2.60. The minimum atomic E-state index is -0.524. The summed E-state index contributed by atoms with van der Waals surface area (Å²) in [6, 6.07) is 0. The van der Waals surface area contributed by atoms with Crippen LogP contribution >= 0.6 is 0 Å². The van der Waals surface area contributed by atoms with E-state index in [0.29, 0.717) is 0 Å². The van der Waals surface area contributed by atoms with Crippen molar-refractivity contribution in [3.05, 3.63) is 0 Å². The van der Waals surface area contributed by atoms with Gasteiger partial charge in [-0.2, -0.15) is 0 Å². The average molecular weight is 508 g/mol. The first-order valence-corrected chi connectivity index (χ1v) is 14.3. The molecule has 0 spiro atoms. The molecule has 0 rings (SSSR count). The highest BCUT2D eigenvalue weighted by Gasteiger charge is 2.61. The Kier molecular flexibility index (Phi) is 10.1. The van der Waals surface area contributed by atoms with E-state index in [2.05, 4.69) is 125 Å². The Balaban J connectivity index is 7.02. The number of rotatable bonds is 12. The summed E-state index contributed by atoms with van der Waals surface area (Å²) in [5, 5.41) is 0. The van der Waals surface area contributed by atoms with E-state index in [-0.39, 0.29) is 44.3 Å². The van der Waals surface area contributed by atoms with Gasteiger partial charge in [0, 0.05) is 11.8 Å². The number of hydrogen-bond donors (Lipinski definition) is 1. The minimum Gasteiger partial charge on any atom is -0.369 e. The van der Waals surface area contributed by atoms with Gasteiger partial charge in [0.1, 0.15) is 6.29 Å². The third-order valence-electron chi connectivity index (χ3n) is 12.4. The first kappa shape index (κ1) is 35.1. The Morgan fingerprint density at radius 1 is 0.667 bits per heavy atom. The molecule has 3 heteroatoms. The summed E-state index contributed by atoms with van der Waals surface area (Å²) in [4.78, 5) is 26.4. The van der Waals surface area contributed by atoms with E-state index in [9.17, 15) is 9.59 Å². The van der Waals surface area contributed by atoms with Crippen molar-refractivity contribution in [1.29, 1.82) is 0 Å². The Morgan fingerprint density at radius 3 is 1.33 bits per heavy atom. The van der Waals surface area contributed by atoms with Crippen LogP contribution in [0.4, 0.5) is 0 Å². The highest BCUT2D eigenvalue weighted by molar-refractivity contribution is 5.78. The van der Waals surface area contributed by atoms with Crippen LogP contribution in [-0.2, 0) is 9.59 Å². The second kappa shape index (κ2) is 10.4. The highest BCUT2D eigenvalue weighted by atomic mass is 16.1. The summed E-state index contributed by atoms with van der Waals surface area (Å²) < 4.78 is 0. The van der Waals surface area contributed by atoms with Crippen LogP contribution in [0.25, 0.3) is 0 Å². The molecule has 0 aromatic heterocycles. The SMILES string of the molecule is CCC(C)(CC(C)(C)C(C(N)=O)C(C)(C)C(C)(C)C(C=O)C(C)(C)C(C)(CC)C(C)(C)C)C(C)(C)C. The molecule has 2 N–H and O–H groups in total. The molecule has 0 saturated heterocycles. The molecular formula is C33H65NO2. The molecule has 0 heterocycles.